The molecule has 0 amide bonds. The quantitative estimate of drug-likeness (QED) is 0.719. The highest BCUT2D eigenvalue weighted by Gasteiger charge is 2.10. The van der Waals surface area contributed by atoms with E-state index in [-0.39, 0.29) is 6.54 Å². The highest BCUT2D eigenvalue weighted by atomic mass is 16.5. The van der Waals surface area contributed by atoms with Gasteiger partial charge in [-0.05, 0) is 25.1 Å². The summed E-state index contributed by atoms with van der Waals surface area (Å²) in [6.45, 7) is 2.12. The van der Waals surface area contributed by atoms with Crippen LogP contribution in [0.15, 0.2) is 27.2 Å². The first-order chi connectivity index (χ1) is 8.28. The molecule has 0 aliphatic rings. The summed E-state index contributed by atoms with van der Waals surface area (Å²) in [4.78, 5) is 4.17. The Kier molecular flexibility index (Phi) is 2.15. The van der Waals surface area contributed by atoms with E-state index in [2.05, 4.69) is 15.3 Å². The van der Waals surface area contributed by atoms with Crippen LogP contribution in [0.5, 0.6) is 0 Å². The SMILES string of the molecule is Cc1noc2ccc(-c3noc(CN)n3)cc12. The summed E-state index contributed by atoms with van der Waals surface area (Å²) >= 11 is 0. The fourth-order valence-corrected chi connectivity index (χ4v) is 1.65. The molecule has 0 aliphatic heterocycles. The first-order valence-electron chi connectivity index (χ1n) is 5.17. The van der Waals surface area contributed by atoms with Gasteiger partial charge >= 0.3 is 0 Å². The first-order valence-corrected chi connectivity index (χ1v) is 5.17. The summed E-state index contributed by atoms with van der Waals surface area (Å²) < 4.78 is 10.1. The largest absolute Gasteiger partial charge is 0.356 e. The van der Waals surface area contributed by atoms with Gasteiger partial charge in [-0.1, -0.05) is 10.3 Å². The zero-order chi connectivity index (χ0) is 11.8. The first kappa shape index (κ1) is 9.98. The Morgan fingerprint density at radius 3 is 2.88 bits per heavy atom. The average molecular weight is 230 g/mol. The molecule has 3 rings (SSSR count). The Bertz CT molecular complexity index is 671. The summed E-state index contributed by atoms with van der Waals surface area (Å²) in [5.74, 6) is 0.940. The van der Waals surface area contributed by atoms with Gasteiger partial charge in [0.25, 0.3) is 0 Å². The highest BCUT2D eigenvalue weighted by Crippen LogP contribution is 2.24. The smallest absolute Gasteiger partial charge is 0.240 e. The van der Waals surface area contributed by atoms with E-state index in [1.54, 1.807) is 0 Å². The van der Waals surface area contributed by atoms with Crippen molar-refractivity contribution in [2.75, 3.05) is 0 Å². The average Bonchev–Trinajstić information content (AvgIpc) is 2.96. The number of nitrogens with zero attached hydrogens (tertiary/aromatic N) is 3. The van der Waals surface area contributed by atoms with Crippen LogP contribution in [0.2, 0.25) is 0 Å². The van der Waals surface area contributed by atoms with Gasteiger partial charge in [-0.3, -0.25) is 0 Å². The van der Waals surface area contributed by atoms with Gasteiger partial charge in [0.05, 0.1) is 12.2 Å². The van der Waals surface area contributed by atoms with Gasteiger partial charge in [-0.15, -0.1) is 0 Å². The summed E-state index contributed by atoms with van der Waals surface area (Å²) in [5, 5.41) is 8.70. The van der Waals surface area contributed by atoms with Crippen LogP contribution in [-0.4, -0.2) is 15.3 Å². The minimum Gasteiger partial charge on any atom is -0.356 e. The fourth-order valence-electron chi connectivity index (χ4n) is 1.65. The zero-order valence-electron chi connectivity index (χ0n) is 9.17. The molecule has 0 atom stereocenters. The van der Waals surface area contributed by atoms with Crippen LogP contribution in [0.25, 0.3) is 22.4 Å². The molecule has 0 radical (unpaired) electrons. The van der Waals surface area contributed by atoms with Crippen molar-refractivity contribution in [1.82, 2.24) is 15.3 Å². The third-order valence-corrected chi connectivity index (χ3v) is 2.55. The van der Waals surface area contributed by atoms with Crippen LogP contribution >= 0.6 is 0 Å². The molecule has 6 heteroatoms. The summed E-state index contributed by atoms with van der Waals surface area (Å²) in [5.41, 5.74) is 7.85. The molecular weight excluding hydrogens is 220 g/mol. The van der Waals surface area contributed by atoms with Crippen molar-refractivity contribution in [1.29, 1.82) is 0 Å². The maximum atomic E-state index is 5.42. The van der Waals surface area contributed by atoms with E-state index in [1.165, 1.54) is 0 Å². The zero-order valence-corrected chi connectivity index (χ0v) is 9.17. The molecule has 0 spiro atoms. The summed E-state index contributed by atoms with van der Waals surface area (Å²) in [6.07, 6.45) is 0. The molecule has 0 bridgehead atoms. The van der Waals surface area contributed by atoms with Crippen molar-refractivity contribution in [3.8, 4) is 11.4 Å². The molecule has 86 valence electrons. The predicted molar refractivity (Wildman–Crippen MR) is 59.9 cm³/mol. The number of rotatable bonds is 2. The van der Waals surface area contributed by atoms with Crippen molar-refractivity contribution in [3.63, 3.8) is 0 Å². The molecule has 0 unspecified atom stereocenters. The Labute approximate surface area is 96.4 Å². The lowest BCUT2D eigenvalue weighted by Crippen LogP contribution is -1.95. The maximum Gasteiger partial charge on any atom is 0.240 e. The van der Waals surface area contributed by atoms with Crippen molar-refractivity contribution >= 4 is 11.0 Å². The summed E-state index contributed by atoms with van der Waals surface area (Å²) in [6, 6.07) is 5.62. The van der Waals surface area contributed by atoms with E-state index >= 15 is 0 Å². The molecule has 2 heterocycles. The lowest BCUT2D eigenvalue weighted by atomic mass is 10.1. The van der Waals surface area contributed by atoms with Crippen LogP contribution in [0.4, 0.5) is 0 Å². The summed E-state index contributed by atoms with van der Waals surface area (Å²) in [7, 11) is 0. The Hall–Kier alpha value is -2.21. The molecule has 3 aromatic rings. The van der Waals surface area contributed by atoms with Gasteiger partial charge in [0, 0.05) is 10.9 Å². The lowest BCUT2D eigenvalue weighted by Gasteiger charge is -1.93. The van der Waals surface area contributed by atoms with E-state index in [0.717, 1.165) is 22.2 Å². The van der Waals surface area contributed by atoms with E-state index in [1.807, 2.05) is 25.1 Å². The molecule has 0 saturated heterocycles. The van der Waals surface area contributed by atoms with Crippen LogP contribution in [0, 0.1) is 6.92 Å². The lowest BCUT2D eigenvalue weighted by molar-refractivity contribution is 0.380. The maximum absolute atomic E-state index is 5.42. The second kappa shape index (κ2) is 3.67. The Balaban J connectivity index is 2.13. The van der Waals surface area contributed by atoms with Crippen molar-refractivity contribution in [2.45, 2.75) is 13.5 Å². The van der Waals surface area contributed by atoms with Gasteiger partial charge in [-0.25, -0.2) is 0 Å². The highest BCUT2D eigenvalue weighted by molar-refractivity contribution is 5.83. The number of aryl methyl sites for hydroxylation is 1. The van der Waals surface area contributed by atoms with Gasteiger partial charge in [-0.2, -0.15) is 4.98 Å². The van der Waals surface area contributed by atoms with Gasteiger partial charge < -0.3 is 14.8 Å². The van der Waals surface area contributed by atoms with Crippen molar-refractivity contribution in [3.05, 3.63) is 29.8 Å². The standard InChI is InChI=1S/C11H10N4O2/c1-6-8-4-7(2-3-9(8)16-14-6)11-13-10(5-12)17-15-11/h2-4H,5,12H2,1H3. The molecule has 2 aromatic heterocycles. The molecule has 6 nitrogen and oxygen atoms in total. The molecule has 2 N–H and O–H groups in total. The van der Waals surface area contributed by atoms with Crippen LogP contribution in [-0.2, 0) is 6.54 Å². The number of hydrogen-bond donors (Lipinski definition) is 1. The molecule has 0 fully saturated rings. The van der Waals surface area contributed by atoms with Crippen molar-refractivity contribution < 1.29 is 9.05 Å². The van der Waals surface area contributed by atoms with E-state index in [0.29, 0.717) is 11.7 Å². The number of nitrogens with two attached hydrogens (primary N) is 1. The minimum atomic E-state index is 0.238. The third kappa shape index (κ3) is 1.58. The van der Waals surface area contributed by atoms with Gasteiger partial charge in [0.1, 0.15) is 0 Å². The second-order valence-corrected chi connectivity index (χ2v) is 3.69. The molecule has 0 saturated carbocycles. The van der Waals surface area contributed by atoms with Gasteiger partial charge in [0.2, 0.25) is 11.7 Å². The van der Waals surface area contributed by atoms with Gasteiger partial charge in [0.15, 0.2) is 5.58 Å². The normalized spacial score (nSPS) is 11.2. The minimum absolute atomic E-state index is 0.238. The number of benzene rings is 1. The molecule has 0 aliphatic carbocycles. The molecular formula is C11H10N4O2. The van der Waals surface area contributed by atoms with E-state index < -0.39 is 0 Å². The Morgan fingerprint density at radius 2 is 2.12 bits per heavy atom. The molecule has 17 heavy (non-hydrogen) atoms. The monoisotopic (exact) mass is 230 g/mol. The third-order valence-electron chi connectivity index (χ3n) is 2.55. The fraction of sp³-hybridized carbons (Fsp3) is 0.182. The number of fused-ring (bicyclic) bond motifs is 1. The van der Waals surface area contributed by atoms with Crippen molar-refractivity contribution in [2.24, 2.45) is 5.73 Å². The number of hydrogen-bond acceptors (Lipinski definition) is 6. The van der Waals surface area contributed by atoms with E-state index in [4.69, 9.17) is 14.8 Å². The molecule has 1 aromatic carbocycles. The number of aromatic nitrogens is 3. The van der Waals surface area contributed by atoms with Crippen LogP contribution in [0.1, 0.15) is 11.6 Å². The predicted octanol–water partition coefficient (Wildman–Crippen LogP) is 1.64. The second-order valence-electron chi connectivity index (χ2n) is 3.69. The Morgan fingerprint density at radius 1 is 1.24 bits per heavy atom. The van der Waals surface area contributed by atoms with Crippen LogP contribution < -0.4 is 5.73 Å². The topological polar surface area (TPSA) is 91.0 Å². The van der Waals surface area contributed by atoms with E-state index in [9.17, 15) is 0 Å². The van der Waals surface area contributed by atoms with Crippen LogP contribution in [0.3, 0.4) is 0 Å².